The summed E-state index contributed by atoms with van der Waals surface area (Å²) in [6.07, 6.45) is 3.11. The van der Waals surface area contributed by atoms with Crippen molar-refractivity contribution < 1.29 is 9.63 Å². The molecule has 4 heteroatoms. The predicted molar refractivity (Wildman–Crippen MR) is 69.6 cm³/mol. The highest BCUT2D eigenvalue weighted by Gasteiger charge is 2.40. The van der Waals surface area contributed by atoms with Gasteiger partial charge >= 0.3 is 0 Å². The number of halogens is 1. The number of aliphatic hydroxyl groups is 1. The number of rotatable bonds is 3. The van der Waals surface area contributed by atoms with E-state index in [9.17, 15) is 5.11 Å². The van der Waals surface area contributed by atoms with Crippen molar-refractivity contribution in [2.45, 2.75) is 24.7 Å². The predicted octanol–water partition coefficient (Wildman–Crippen LogP) is 3.41. The zero-order valence-corrected chi connectivity index (χ0v) is 10.7. The number of nitrogens with zero attached hydrogens (tertiary/aromatic N) is 1. The molecule has 1 aromatic carbocycles. The Morgan fingerprint density at radius 3 is 2.56 bits per heavy atom. The van der Waals surface area contributed by atoms with Gasteiger partial charge in [0.25, 0.3) is 0 Å². The van der Waals surface area contributed by atoms with E-state index in [1.54, 1.807) is 0 Å². The Hall–Kier alpha value is -1.32. The van der Waals surface area contributed by atoms with E-state index in [4.69, 9.17) is 16.1 Å². The van der Waals surface area contributed by atoms with Gasteiger partial charge in [-0.3, -0.25) is 0 Å². The third-order valence-electron chi connectivity index (χ3n) is 3.80. The summed E-state index contributed by atoms with van der Waals surface area (Å²) in [5.74, 6) is 0.724. The summed E-state index contributed by atoms with van der Waals surface area (Å²) in [4.78, 5) is 0. The Bertz CT molecular complexity index is 538. The standard InChI is InChI=1S/C14H14ClNO2/c15-11-4-2-10(3-5-11)12-8-13(16-18-12)14(9-17)6-1-7-14/h2-5,8,17H,1,6-7,9H2. The Morgan fingerprint density at radius 2 is 2.00 bits per heavy atom. The van der Waals surface area contributed by atoms with Gasteiger partial charge in [0.2, 0.25) is 0 Å². The molecule has 1 N–H and O–H groups in total. The van der Waals surface area contributed by atoms with Crippen LogP contribution in [0.15, 0.2) is 34.9 Å². The SMILES string of the molecule is OCC1(c2cc(-c3ccc(Cl)cc3)on2)CCC1. The van der Waals surface area contributed by atoms with E-state index in [0.29, 0.717) is 5.02 Å². The zero-order chi connectivity index (χ0) is 12.6. The van der Waals surface area contributed by atoms with Crippen LogP contribution in [0.2, 0.25) is 5.02 Å². The average molecular weight is 264 g/mol. The van der Waals surface area contributed by atoms with Crippen molar-refractivity contribution in [3.8, 4) is 11.3 Å². The second-order valence-corrected chi connectivity index (χ2v) is 5.31. The summed E-state index contributed by atoms with van der Waals surface area (Å²) in [6.45, 7) is 0.138. The maximum Gasteiger partial charge on any atom is 0.167 e. The van der Waals surface area contributed by atoms with Crippen LogP contribution >= 0.6 is 11.6 Å². The molecule has 1 fully saturated rings. The minimum absolute atomic E-state index is 0.138. The number of hydrogen-bond acceptors (Lipinski definition) is 3. The molecule has 18 heavy (non-hydrogen) atoms. The van der Waals surface area contributed by atoms with Crippen LogP contribution in [0.3, 0.4) is 0 Å². The number of aliphatic hydroxyl groups excluding tert-OH is 1. The van der Waals surface area contributed by atoms with Gasteiger partial charge in [-0.05, 0) is 37.1 Å². The molecule has 0 radical (unpaired) electrons. The summed E-state index contributed by atoms with van der Waals surface area (Å²) in [7, 11) is 0. The van der Waals surface area contributed by atoms with Gasteiger partial charge in [-0.1, -0.05) is 23.2 Å². The van der Waals surface area contributed by atoms with Crippen LogP contribution < -0.4 is 0 Å². The maximum absolute atomic E-state index is 9.51. The smallest absolute Gasteiger partial charge is 0.167 e. The van der Waals surface area contributed by atoms with Crippen LogP contribution in [-0.4, -0.2) is 16.9 Å². The van der Waals surface area contributed by atoms with E-state index in [1.807, 2.05) is 30.3 Å². The highest BCUT2D eigenvalue weighted by Crippen LogP contribution is 2.43. The summed E-state index contributed by atoms with van der Waals surface area (Å²) in [5.41, 5.74) is 1.64. The van der Waals surface area contributed by atoms with Crippen molar-refractivity contribution in [3.63, 3.8) is 0 Å². The third kappa shape index (κ3) is 1.84. The first-order chi connectivity index (χ1) is 8.73. The van der Waals surface area contributed by atoms with Crippen LogP contribution in [0.5, 0.6) is 0 Å². The van der Waals surface area contributed by atoms with E-state index in [1.165, 1.54) is 0 Å². The normalized spacial score (nSPS) is 17.4. The van der Waals surface area contributed by atoms with Crippen LogP contribution in [-0.2, 0) is 5.41 Å². The third-order valence-corrected chi connectivity index (χ3v) is 4.05. The van der Waals surface area contributed by atoms with Crippen molar-refractivity contribution in [1.82, 2.24) is 5.16 Å². The highest BCUT2D eigenvalue weighted by molar-refractivity contribution is 6.30. The summed E-state index contributed by atoms with van der Waals surface area (Å²) in [6, 6.07) is 9.38. The van der Waals surface area contributed by atoms with Gasteiger partial charge in [0.05, 0.1) is 12.3 Å². The van der Waals surface area contributed by atoms with Gasteiger partial charge in [-0.25, -0.2) is 0 Å². The topological polar surface area (TPSA) is 46.3 Å². The summed E-state index contributed by atoms with van der Waals surface area (Å²) in [5, 5.41) is 14.3. The van der Waals surface area contributed by atoms with Gasteiger partial charge in [-0.15, -0.1) is 0 Å². The zero-order valence-electron chi connectivity index (χ0n) is 9.90. The first kappa shape index (κ1) is 11.8. The minimum atomic E-state index is -0.172. The molecule has 0 aliphatic heterocycles. The summed E-state index contributed by atoms with van der Waals surface area (Å²) >= 11 is 5.85. The Balaban J connectivity index is 1.91. The van der Waals surface area contributed by atoms with Crippen molar-refractivity contribution in [3.05, 3.63) is 41.0 Å². The van der Waals surface area contributed by atoms with Gasteiger partial charge in [-0.2, -0.15) is 0 Å². The van der Waals surface area contributed by atoms with Crippen LogP contribution in [0.25, 0.3) is 11.3 Å². The lowest BCUT2D eigenvalue weighted by atomic mass is 9.67. The van der Waals surface area contributed by atoms with Crippen molar-refractivity contribution in [2.75, 3.05) is 6.61 Å². The Morgan fingerprint density at radius 1 is 1.28 bits per heavy atom. The maximum atomic E-state index is 9.51. The second kappa shape index (κ2) is 4.41. The van der Waals surface area contributed by atoms with E-state index < -0.39 is 0 Å². The van der Waals surface area contributed by atoms with Crippen LogP contribution in [0.1, 0.15) is 25.0 Å². The molecule has 2 aromatic rings. The van der Waals surface area contributed by atoms with Crippen molar-refractivity contribution >= 4 is 11.6 Å². The van der Waals surface area contributed by atoms with E-state index >= 15 is 0 Å². The average Bonchev–Trinajstić information content (AvgIpc) is 2.79. The molecule has 1 saturated carbocycles. The molecule has 94 valence electrons. The molecule has 0 bridgehead atoms. The number of hydrogen-bond donors (Lipinski definition) is 1. The summed E-state index contributed by atoms with van der Waals surface area (Å²) < 4.78 is 5.37. The number of benzene rings is 1. The molecule has 0 atom stereocenters. The van der Waals surface area contributed by atoms with Gasteiger partial charge in [0, 0.05) is 22.1 Å². The van der Waals surface area contributed by atoms with Crippen LogP contribution in [0, 0.1) is 0 Å². The minimum Gasteiger partial charge on any atom is -0.395 e. The fourth-order valence-electron chi connectivity index (χ4n) is 2.37. The van der Waals surface area contributed by atoms with Crippen molar-refractivity contribution in [1.29, 1.82) is 0 Å². The Kier molecular flexibility index (Phi) is 2.88. The lowest BCUT2D eigenvalue weighted by molar-refractivity contribution is 0.113. The highest BCUT2D eigenvalue weighted by atomic mass is 35.5. The van der Waals surface area contributed by atoms with Gasteiger partial charge in [0.15, 0.2) is 5.76 Å². The van der Waals surface area contributed by atoms with Gasteiger partial charge in [0.1, 0.15) is 0 Å². The Labute approximate surface area is 110 Å². The molecule has 1 aromatic heterocycles. The fourth-order valence-corrected chi connectivity index (χ4v) is 2.50. The number of aromatic nitrogens is 1. The van der Waals surface area contributed by atoms with E-state index in [-0.39, 0.29) is 12.0 Å². The molecule has 0 unspecified atom stereocenters. The lowest BCUT2D eigenvalue weighted by Crippen LogP contribution is -2.38. The molecule has 0 amide bonds. The van der Waals surface area contributed by atoms with E-state index in [0.717, 1.165) is 36.3 Å². The second-order valence-electron chi connectivity index (χ2n) is 4.88. The monoisotopic (exact) mass is 263 g/mol. The first-order valence-corrected chi connectivity index (χ1v) is 6.45. The quantitative estimate of drug-likeness (QED) is 0.923. The van der Waals surface area contributed by atoms with E-state index in [2.05, 4.69) is 5.16 Å². The lowest BCUT2D eigenvalue weighted by Gasteiger charge is -2.38. The molecular formula is C14H14ClNO2. The molecule has 0 saturated heterocycles. The molecule has 1 aliphatic rings. The molecule has 3 nitrogen and oxygen atoms in total. The molecule has 0 spiro atoms. The van der Waals surface area contributed by atoms with Crippen molar-refractivity contribution in [2.24, 2.45) is 0 Å². The molecule has 3 rings (SSSR count). The van der Waals surface area contributed by atoms with Gasteiger partial charge < -0.3 is 9.63 Å². The molecule has 1 heterocycles. The molecular weight excluding hydrogens is 250 g/mol. The largest absolute Gasteiger partial charge is 0.395 e. The fraction of sp³-hybridized carbons (Fsp3) is 0.357. The molecule has 1 aliphatic carbocycles. The van der Waals surface area contributed by atoms with Crippen LogP contribution in [0.4, 0.5) is 0 Å². The first-order valence-electron chi connectivity index (χ1n) is 6.07.